The summed E-state index contributed by atoms with van der Waals surface area (Å²) in [5.74, 6) is 1.16. The predicted molar refractivity (Wildman–Crippen MR) is 71.1 cm³/mol. The second kappa shape index (κ2) is 6.08. The molecule has 2 saturated carbocycles. The molecule has 0 amide bonds. The maximum absolute atomic E-state index is 9.38. The summed E-state index contributed by atoms with van der Waals surface area (Å²) in [5.41, 5.74) is -0.208. The number of thioether (sulfide) groups is 1. The third-order valence-corrected chi connectivity index (χ3v) is 4.99. The van der Waals surface area contributed by atoms with E-state index in [-0.39, 0.29) is 5.54 Å². The van der Waals surface area contributed by atoms with E-state index in [2.05, 4.69) is 11.4 Å². The van der Waals surface area contributed by atoms with Gasteiger partial charge in [0, 0.05) is 25.0 Å². The molecule has 0 spiro atoms. The monoisotopic (exact) mass is 254 g/mol. The predicted octanol–water partition coefficient (Wildman–Crippen LogP) is 2.32. The smallest absolute Gasteiger partial charge is 0.108 e. The lowest BCUT2D eigenvalue weighted by atomic mass is 10.00. The molecule has 2 atom stereocenters. The first kappa shape index (κ1) is 13.2. The van der Waals surface area contributed by atoms with Crippen molar-refractivity contribution in [1.29, 1.82) is 5.26 Å². The summed E-state index contributed by atoms with van der Waals surface area (Å²) < 4.78 is 5.05. The van der Waals surface area contributed by atoms with E-state index in [0.29, 0.717) is 11.3 Å². The molecule has 0 heterocycles. The van der Waals surface area contributed by atoms with Crippen LogP contribution in [0, 0.1) is 11.3 Å². The number of nitriles is 1. The number of nitrogens with zero attached hydrogens (tertiary/aromatic N) is 1. The lowest BCUT2D eigenvalue weighted by Gasteiger charge is -2.22. The minimum atomic E-state index is -0.208. The van der Waals surface area contributed by atoms with Gasteiger partial charge in [-0.05, 0) is 44.3 Å². The molecule has 0 aromatic carbocycles. The summed E-state index contributed by atoms with van der Waals surface area (Å²) in [7, 11) is 1.75. The van der Waals surface area contributed by atoms with Gasteiger partial charge < -0.3 is 4.74 Å². The second-order valence-corrected chi connectivity index (χ2v) is 6.60. The molecular formula is C13H22N2OS. The van der Waals surface area contributed by atoms with Crippen LogP contribution in [0.1, 0.15) is 38.5 Å². The van der Waals surface area contributed by atoms with Crippen LogP contribution in [0.3, 0.4) is 0 Å². The number of ether oxygens (including phenoxy) is 1. The normalized spacial score (nSPS) is 32.6. The van der Waals surface area contributed by atoms with Gasteiger partial charge >= 0.3 is 0 Å². The van der Waals surface area contributed by atoms with Gasteiger partial charge in [0.05, 0.1) is 6.07 Å². The van der Waals surface area contributed by atoms with Crippen molar-refractivity contribution in [3.05, 3.63) is 0 Å². The number of hydrogen-bond acceptors (Lipinski definition) is 4. The van der Waals surface area contributed by atoms with Crippen LogP contribution in [0.4, 0.5) is 0 Å². The first-order chi connectivity index (χ1) is 8.28. The lowest BCUT2D eigenvalue weighted by molar-refractivity contribution is 0.200. The highest BCUT2D eigenvalue weighted by molar-refractivity contribution is 7.99. The van der Waals surface area contributed by atoms with E-state index in [9.17, 15) is 5.26 Å². The molecule has 0 aromatic rings. The van der Waals surface area contributed by atoms with Crippen LogP contribution < -0.4 is 5.32 Å². The third kappa shape index (κ3) is 3.87. The van der Waals surface area contributed by atoms with E-state index in [4.69, 9.17) is 4.74 Å². The Hall–Kier alpha value is -0.240. The highest BCUT2D eigenvalue weighted by Gasteiger charge is 2.42. The summed E-state index contributed by atoms with van der Waals surface area (Å²) in [6.07, 6.45) is 6.88. The fourth-order valence-corrected chi connectivity index (χ4v) is 3.78. The van der Waals surface area contributed by atoms with Gasteiger partial charge in [-0.2, -0.15) is 17.0 Å². The van der Waals surface area contributed by atoms with E-state index in [1.54, 1.807) is 7.11 Å². The van der Waals surface area contributed by atoms with Gasteiger partial charge in [-0.25, -0.2) is 0 Å². The van der Waals surface area contributed by atoms with Gasteiger partial charge in [-0.15, -0.1) is 0 Å². The first-order valence-electron chi connectivity index (χ1n) is 6.57. The van der Waals surface area contributed by atoms with Gasteiger partial charge in [0.2, 0.25) is 0 Å². The number of rotatable bonds is 7. The molecule has 2 unspecified atom stereocenters. The third-order valence-electron chi connectivity index (χ3n) is 3.59. The minimum Gasteiger partial charge on any atom is -0.385 e. The van der Waals surface area contributed by atoms with E-state index in [0.717, 1.165) is 31.6 Å². The zero-order chi connectivity index (χ0) is 12.1. The zero-order valence-corrected chi connectivity index (χ0v) is 11.4. The molecule has 2 fully saturated rings. The van der Waals surface area contributed by atoms with E-state index in [1.807, 2.05) is 11.8 Å². The topological polar surface area (TPSA) is 45.0 Å². The first-order valence-corrected chi connectivity index (χ1v) is 7.62. The van der Waals surface area contributed by atoms with Crippen LogP contribution in [0.15, 0.2) is 0 Å². The van der Waals surface area contributed by atoms with Crippen molar-refractivity contribution in [2.75, 3.05) is 19.5 Å². The van der Waals surface area contributed by atoms with Crippen molar-refractivity contribution in [2.24, 2.45) is 0 Å². The van der Waals surface area contributed by atoms with Crippen molar-refractivity contribution in [3.63, 3.8) is 0 Å². The van der Waals surface area contributed by atoms with Crippen LogP contribution in [-0.2, 0) is 4.74 Å². The fraction of sp³-hybridized carbons (Fsp3) is 0.923. The highest BCUT2D eigenvalue weighted by atomic mass is 32.2. The Morgan fingerprint density at radius 2 is 2.29 bits per heavy atom. The van der Waals surface area contributed by atoms with E-state index in [1.165, 1.54) is 19.3 Å². The average molecular weight is 254 g/mol. The Morgan fingerprint density at radius 3 is 2.94 bits per heavy atom. The van der Waals surface area contributed by atoms with Crippen molar-refractivity contribution >= 4 is 11.8 Å². The molecule has 96 valence electrons. The SMILES string of the molecule is COCCCSC1CCC(C#N)(NC2CC2)C1. The van der Waals surface area contributed by atoms with Crippen LogP contribution in [-0.4, -0.2) is 36.3 Å². The van der Waals surface area contributed by atoms with Gasteiger partial charge in [-0.3, -0.25) is 5.32 Å². The molecule has 0 aromatic heterocycles. The van der Waals surface area contributed by atoms with Crippen LogP contribution in [0.5, 0.6) is 0 Å². The molecule has 4 heteroatoms. The summed E-state index contributed by atoms with van der Waals surface area (Å²) in [5, 5.41) is 13.6. The molecule has 0 radical (unpaired) electrons. The second-order valence-electron chi connectivity index (χ2n) is 5.19. The Bertz CT molecular complexity index is 288. The molecule has 0 aliphatic heterocycles. The van der Waals surface area contributed by atoms with E-state index < -0.39 is 0 Å². The maximum Gasteiger partial charge on any atom is 0.108 e. The molecule has 2 aliphatic carbocycles. The number of methoxy groups -OCH3 is 1. The largest absolute Gasteiger partial charge is 0.385 e. The molecule has 3 nitrogen and oxygen atoms in total. The molecule has 2 rings (SSSR count). The van der Waals surface area contributed by atoms with Crippen LogP contribution >= 0.6 is 11.8 Å². The quantitative estimate of drug-likeness (QED) is 0.708. The summed E-state index contributed by atoms with van der Waals surface area (Å²) in [6, 6.07) is 3.16. The van der Waals surface area contributed by atoms with Gasteiger partial charge in [0.1, 0.15) is 5.54 Å². The van der Waals surface area contributed by atoms with Crippen molar-refractivity contribution in [3.8, 4) is 6.07 Å². The number of hydrogen-bond donors (Lipinski definition) is 1. The molecular weight excluding hydrogens is 232 g/mol. The molecule has 0 bridgehead atoms. The molecule has 2 aliphatic rings. The van der Waals surface area contributed by atoms with Crippen molar-refractivity contribution in [2.45, 2.75) is 55.4 Å². The summed E-state index contributed by atoms with van der Waals surface area (Å²) >= 11 is 2.02. The van der Waals surface area contributed by atoms with Crippen molar-refractivity contribution < 1.29 is 4.74 Å². The maximum atomic E-state index is 9.38. The minimum absolute atomic E-state index is 0.208. The zero-order valence-electron chi connectivity index (χ0n) is 10.6. The lowest BCUT2D eigenvalue weighted by Crippen LogP contribution is -2.43. The van der Waals surface area contributed by atoms with Gasteiger partial charge in [0.25, 0.3) is 0 Å². The van der Waals surface area contributed by atoms with Gasteiger partial charge in [-0.1, -0.05) is 0 Å². The fourth-order valence-electron chi connectivity index (χ4n) is 2.48. The number of nitrogens with one attached hydrogen (secondary N) is 1. The van der Waals surface area contributed by atoms with Gasteiger partial charge in [0.15, 0.2) is 0 Å². The summed E-state index contributed by atoms with van der Waals surface area (Å²) in [4.78, 5) is 0. The standard InChI is InChI=1S/C13H22N2OS/c1-16-7-2-8-17-12-5-6-13(9-12,10-14)15-11-3-4-11/h11-12,15H,2-9H2,1H3. The van der Waals surface area contributed by atoms with Crippen molar-refractivity contribution in [1.82, 2.24) is 5.32 Å². The Kier molecular flexibility index (Phi) is 4.72. The molecule has 1 N–H and O–H groups in total. The van der Waals surface area contributed by atoms with Crippen LogP contribution in [0.2, 0.25) is 0 Å². The Balaban J connectivity index is 1.71. The average Bonchev–Trinajstić information content (AvgIpc) is 3.05. The van der Waals surface area contributed by atoms with Crippen LogP contribution in [0.25, 0.3) is 0 Å². The van der Waals surface area contributed by atoms with E-state index >= 15 is 0 Å². The highest BCUT2D eigenvalue weighted by Crippen LogP contribution is 2.39. The Labute approximate surface area is 108 Å². The molecule has 0 saturated heterocycles. The Morgan fingerprint density at radius 1 is 1.47 bits per heavy atom. The molecule has 17 heavy (non-hydrogen) atoms. The summed E-state index contributed by atoms with van der Waals surface area (Å²) in [6.45, 7) is 0.851.